The molecule has 10 nitrogen and oxygen atoms in total. The molecule has 36 heavy (non-hydrogen) atoms. The number of amides is 2. The van der Waals surface area contributed by atoms with Gasteiger partial charge in [-0.1, -0.05) is 50.6 Å². The lowest BCUT2D eigenvalue weighted by Crippen LogP contribution is -2.58. The Morgan fingerprint density at radius 2 is 1.75 bits per heavy atom. The van der Waals surface area contributed by atoms with Gasteiger partial charge in [0.05, 0.1) is 12.1 Å². The van der Waals surface area contributed by atoms with Crippen molar-refractivity contribution in [2.45, 2.75) is 70.1 Å². The van der Waals surface area contributed by atoms with E-state index in [2.05, 4.69) is 20.9 Å². The van der Waals surface area contributed by atoms with Crippen LogP contribution in [0.4, 0.5) is 13.2 Å². The fraction of sp³-hybridized carbons (Fsp3) is 0.609. The van der Waals surface area contributed by atoms with Crippen LogP contribution in [0.2, 0.25) is 0 Å². The smallest absolute Gasteiger partial charge is 0.377 e. The predicted octanol–water partition coefficient (Wildman–Crippen LogP) is 0.0960. The predicted molar refractivity (Wildman–Crippen MR) is 131 cm³/mol. The third-order valence-corrected chi connectivity index (χ3v) is 5.60. The van der Waals surface area contributed by atoms with E-state index in [9.17, 15) is 27.9 Å². The van der Waals surface area contributed by atoms with Crippen LogP contribution in [0.5, 0.6) is 0 Å². The Labute approximate surface area is 209 Å². The number of benzene rings is 1. The topological polar surface area (TPSA) is 181 Å². The van der Waals surface area contributed by atoms with Crippen molar-refractivity contribution in [1.29, 1.82) is 0 Å². The summed E-state index contributed by atoms with van der Waals surface area (Å²) in [6, 6.07) is 6.57. The summed E-state index contributed by atoms with van der Waals surface area (Å²) in [6.45, 7) is 2.44. The molecule has 0 aliphatic rings. The van der Waals surface area contributed by atoms with Crippen LogP contribution in [0.25, 0.3) is 0 Å². The Morgan fingerprint density at radius 1 is 1.11 bits per heavy atom. The molecule has 1 aromatic carbocycles. The molecule has 10 N–H and O–H groups in total. The molecule has 0 radical (unpaired) electrons. The maximum absolute atomic E-state index is 13.0. The van der Waals surface area contributed by atoms with Crippen LogP contribution < -0.4 is 33.2 Å². The summed E-state index contributed by atoms with van der Waals surface area (Å²) in [5, 5.41) is 17.9. The molecular formula is C23H38F3N7O3. The van der Waals surface area contributed by atoms with Gasteiger partial charge in [-0.2, -0.15) is 13.2 Å². The highest BCUT2D eigenvalue weighted by atomic mass is 19.4. The highest BCUT2D eigenvalue weighted by Crippen LogP contribution is 2.14. The molecule has 0 aliphatic heterocycles. The fourth-order valence-corrected chi connectivity index (χ4v) is 3.26. The molecule has 0 saturated heterocycles. The molecular weight excluding hydrogens is 479 g/mol. The van der Waals surface area contributed by atoms with Crippen LogP contribution in [0.3, 0.4) is 0 Å². The van der Waals surface area contributed by atoms with E-state index in [0.29, 0.717) is 19.3 Å². The third kappa shape index (κ3) is 12.2. The van der Waals surface area contributed by atoms with Gasteiger partial charge in [0.1, 0.15) is 18.8 Å². The number of hydrogen-bond donors (Lipinski definition) is 7. The molecule has 13 heteroatoms. The van der Waals surface area contributed by atoms with Crippen molar-refractivity contribution < 1.29 is 27.9 Å². The monoisotopic (exact) mass is 517 g/mol. The van der Waals surface area contributed by atoms with Crippen LogP contribution in [0, 0.1) is 5.92 Å². The Morgan fingerprint density at radius 3 is 2.31 bits per heavy atom. The first-order chi connectivity index (χ1) is 16.8. The van der Waals surface area contributed by atoms with E-state index in [4.69, 9.17) is 17.2 Å². The number of halogens is 3. The maximum Gasteiger partial charge on any atom is 0.408 e. The molecule has 0 fully saturated rings. The maximum atomic E-state index is 13.0. The van der Waals surface area contributed by atoms with Gasteiger partial charge in [0, 0.05) is 6.54 Å². The standard InChI is InChI=1S/C23H38F3N7O3/c1-3-14(2)18(21(36)32-17(19(28)34)12-15-8-5-4-6-9-15)33-20(35)16(27)10-7-11-30-22(29)31-13-23(24,25)26/h4-6,8-9,14,16-19,34H,3,7,10-13,27-28H2,1-2H3,(H,32,36)(H,33,35)(H3,29,30,31)/t14-,16-,17-,18-,19?/m0/s1. The molecule has 0 spiro atoms. The number of nitrogens with one attached hydrogen (secondary N) is 3. The first-order valence-electron chi connectivity index (χ1n) is 11.8. The summed E-state index contributed by atoms with van der Waals surface area (Å²) >= 11 is 0. The molecule has 2 amide bonds. The van der Waals surface area contributed by atoms with Crippen molar-refractivity contribution in [3.63, 3.8) is 0 Å². The van der Waals surface area contributed by atoms with Gasteiger partial charge in [-0.25, -0.2) is 4.99 Å². The lowest BCUT2D eigenvalue weighted by Gasteiger charge is -2.28. The molecule has 1 unspecified atom stereocenters. The summed E-state index contributed by atoms with van der Waals surface area (Å²) in [5.74, 6) is -1.64. The number of aliphatic imine (C=N–C) groups is 1. The van der Waals surface area contributed by atoms with Crippen LogP contribution in [0.15, 0.2) is 35.3 Å². The molecule has 0 aromatic heterocycles. The zero-order valence-electron chi connectivity index (χ0n) is 20.6. The second-order valence-electron chi connectivity index (χ2n) is 8.66. The first-order valence-corrected chi connectivity index (χ1v) is 11.8. The Hall–Kier alpha value is -2.90. The zero-order chi connectivity index (χ0) is 27.3. The van der Waals surface area contributed by atoms with Crippen molar-refractivity contribution in [3.8, 4) is 0 Å². The fourth-order valence-electron chi connectivity index (χ4n) is 3.26. The minimum absolute atomic E-state index is 0.166. The molecule has 0 aliphatic carbocycles. The number of rotatable bonds is 14. The first kappa shape index (κ1) is 31.1. The zero-order valence-corrected chi connectivity index (χ0v) is 20.6. The average molecular weight is 518 g/mol. The van der Waals surface area contributed by atoms with Crippen LogP contribution in [-0.2, 0) is 16.0 Å². The van der Waals surface area contributed by atoms with E-state index in [0.717, 1.165) is 5.56 Å². The second kappa shape index (κ2) is 15.3. The number of alkyl halides is 3. The number of guanidine groups is 1. The van der Waals surface area contributed by atoms with E-state index in [1.807, 2.05) is 37.3 Å². The second-order valence-corrected chi connectivity index (χ2v) is 8.66. The average Bonchev–Trinajstić information content (AvgIpc) is 2.82. The van der Waals surface area contributed by atoms with E-state index in [-0.39, 0.29) is 24.8 Å². The molecule has 1 aromatic rings. The third-order valence-electron chi connectivity index (χ3n) is 5.60. The van der Waals surface area contributed by atoms with Gasteiger partial charge in [-0.3, -0.25) is 9.59 Å². The van der Waals surface area contributed by atoms with Crippen molar-refractivity contribution in [1.82, 2.24) is 16.0 Å². The number of carbonyl (C=O) groups excluding carboxylic acids is 2. The number of nitrogens with two attached hydrogens (primary N) is 3. The minimum atomic E-state index is -4.45. The van der Waals surface area contributed by atoms with Gasteiger partial charge in [-0.05, 0) is 30.7 Å². The number of hydrogen-bond acceptors (Lipinski definition) is 6. The number of aliphatic hydroxyl groups is 1. The summed E-state index contributed by atoms with van der Waals surface area (Å²) in [5.41, 5.74) is 17.9. The number of nitrogens with zero attached hydrogens (tertiary/aromatic N) is 1. The lowest BCUT2D eigenvalue weighted by molar-refractivity contribution is -0.131. The van der Waals surface area contributed by atoms with Crippen molar-refractivity contribution in [2.24, 2.45) is 28.1 Å². The summed E-state index contributed by atoms with van der Waals surface area (Å²) in [4.78, 5) is 28.8. The summed E-state index contributed by atoms with van der Waals surface area (Å²) in [7, 11) is 0. The minimum Gasteiger partial charge on any atom is -0.377 e. The lowest BCUT2D eigenvalue weighted by atomic mass is 9.96. The van der Waals surface area contributed by atoms with Crippen LogP contribution in [-0.4, -0.2) is 66.5 Å². The van der Waals surface area contributed by atoms with Gasteiger partial charge in [-0.15, -0.1) is 0 Å². The molecule has 5 atom stereocenters. The van der Waals surface area contributed by atoms with E-state index >= 15 is 0 Å². The van der Waals surface area contributed by atoms with Crippen LogP contribution in [0.1, 0.15) is 38.7 Å². The number of carbonyl (C=O) groups is 2. The Balaban J connectivity index is 2.65. The number of aliphatic hydroxyl groups excluding tert-OH is 1. The molecule has 0 saturated carbocycles. The van der Waals surface area contributed by atoms with Gasteiger partial charge in [0.2, 0.25) is 11.8 Å². The SMILES string of the molecule is CC[C@H](C)[C@H](NC(=O)[C@@H](N)CCCNC(N)=NCC(F)(F)F)C(=O)N[C@@H](Cc1ccccc1)C(N)O. The van der Waals surface area contributed by atoms with E-state index in [1.54, 1.807) is 6.92 Å². The van der Waals surface area contributed by atoms with Crippen LogP contribution >= 0.6 is 0 Å². The summed E-state index contributed by atoms with van der Waals surface area (Å²) < 4.78 is 36.5. The normalized spacial score (nSPS) is 16.4. The molecule has 1 rings (SSSR count). The Kier molecular flexibility index (Phi) is 13.2. The van der Waals surface area contributed by atoms with Crippen molar-refractivity contribution >= 4 is 17.8 Å². The van der Waals surface area contributed by atoms with E-state index < -0.39 is 48.9 Å². The Bertz CT molecular complexity index is 838. The molecule has 204 valence electrons. The highest BCUT2D eigenvalue weighted by Gasteiger charge is 2.30. The summed E-state index contributed by atoms with van der Waals surface area (Å²) in [6.07, 6.45) is -4.36. The molecule has 0 heterocycles. The van der Waals surface area contributed by atoms with Gasteiger partial charge < -0.3 is 38.3 Å². The van der Waals surface area contributed by atoms with Crippen molar-refractivity contribution in [3.05, 3.63) is 35.9 Å². The largest absolute Gasteiger partial charge is 0.408 e. The quantitative estimate of drug-likeness (QED) is 0.0790. The molecule has 0 bridgehead atoms. The highest BCUT2D eigenvalue weighted by molar-refractivity contribution is 5.90. The van der Waals surface area contributed by atoms with Gasteiger partial charge in [0.25, 0.3) is 0 Å². The van der Waals surface area contributed by atoms with Crippen molar-refractivity contribution in [2.75, 3.05) is 13.1 Å². The van der Waals surface area contributed by atoms with Gasteiger partial charge >= 0.3 is 6.18 Å². The van der Waals surface area contributed by atoms with E-state index in [1.165, 1.54) is 0 Å². The van der Waals surface area contributed by atoms with Gasteiger partial charge in [0.15, 0.2) is 5.96 Å².